The Hall–Kier alpha value is -2.31. The monoisotopic (exact) mass is 385 g/mol. The van der Waals surface area contributed by atoms with Crippen LogP contribution in [0.4, 0.5) is 0 Å². The van der Waals surface area contributed by atoms with Gasteiger partial charge in [0.2, 0.25) is 0 Å². The highest BCUT2D eigenvalue weighted by Gasteiger charge is 2.46. The molecule has 28 heavy (non-hydrogen) atoms. The predicted octanol–water partition coefficient (Wildman–Crippen LogP) is 0.409. The summed E-state index contributed by atoms with van der Waals surface area (Å²) in [6.45, 7) is 1.24. The summed E-state index contributed by atoms with van der Waals surface area (Å²) in [6.07, 6.45) is -8.09. The minimum atomic E-state index is -1.54. The zero-order valence-electron chi connectivity index (χ0n) is 15.3. The summed E-state index contributed by atoms with van der Waals surface area (Å²) < 4.78 is 5.45. The van der Waals surface area contributed by atoms with Crippen LogP contribution in [0.2, 0.25) is 0 Å². The largest absolute Gasteiger partial charge is 0.394 e. The van der Waals surface area contributed by atoms with Gasteiger partial charge in [0.25, 0.3) is 0 Å². The van der Waals surface area contributed by atoms with E-state index >= 15 is 0 Å². The highest BCUT2D eigenvalue weighted by atomic mass is 16.6. The first kappa shape index (κ1) is 20.4. The number of aliphatic hydroxyl groups is 5. The fourth-order valence-corrected chi connectivity index (χ4v) is 3.52. The van der Waals surface area contributed by atoms with Crippen molar-refractivity contribution in [1.29, 1.82) is 5.26 Å². The highest BCUT2D eigenvalue weighted by Crippen LogP contribution is 2.33. The molecule has 7 nitrogen and oxygen atoms in total. The lowest BCUT2D eigenvalue weighted by Crippen LogP contribution is -2.59. The Balaban J connectivity index is 1.88. The van der Waals surface area contributed by atoms with E-state index in [1.165, 1.54) is 0 Å². The van der Waals surface area contributed by atoms with Crippen molar-refractivity contribution < 1.29 is 30.3 Å². The van der Waals surface area contributed by atoms with Crippen LogP contribution in [0.5, 0.6) is 0 Å². The van der Waals surface area contributed by atoms with E-state index in [1.807, 2.05) is 12.1 Å². The van der Waals surface area contributed by atoms with Crippen LogP contribution in [-0.4, -0.2) is 62.7 Å². The van der Waals surface area contributed by atoms with Crippen LogP contribution < -0.4 is 0 Å². The van der Waals surface area contributed by atoms with Crippen molar-refractivity contribution in [3.05, 3.63) is 59.2 Å². The smallest absolute Gasteiger partial charge is 0.117 e. The molecular formula is C21H23NO6. The SMILES string of the molecule is Cc1cc(-c2cccc(C#N)c2)ccc1[C@@H](O)[C@H]1O[C@H](CO)[C@@H](O)[C@H](O)[C@@H]1O. The molecule has 1 aliphatic heterocycles. The summed E-state index contributed by atoms with van der Waals surface area (Å²) in [5.74, 6) is 0. The minimum absolute atomic E-state index is 0.490. The molecule has 1 saturated heterocycles. The van der Waals surface area contributed by atoms with Crippen LogP contribution in [0.15, 0.2) is 42.5 Å². The van der Waals surface area contributed by atoms with Gasteiger partial charge in [-0.25, -0.2) is 0 Å². The number of nitriles is 1. The van der Waals surface area contributed by atoms with E-state index in [0.29, 0.717) is 11.1 Å². The Morgan fingerprint density at radius 1 is 1.04 bits per heavy atom. The van der Waals surface area contributed by atoms with Gasteiger partial charge in [-0.3, -0.25) is 0 Å². The van der Waals surface area contributed by atoms with Gasteiger partial charge in [0.1, 0.15) is 36.6 Å². The number of rotatable bonds is 4. The van der Waals surface area contributed by atoms with Crippen molar-refractivity contribution in [3.8, 4) is 17.2 Å². The van der Waals surface area contributed by atoms with E-state index < -0.39 is 43.2 Å². The molecule has 5 N–H and O–H groups in total. The first-order chi connectivity index (χ1) is 13.4. The standard InChI is InChI=1S/C21H23NO6/c1-11-7-14(13-4-2-3-12(8-13)9-22)5-6-15(11)17(24)21-20(27)19(26)18(25)16(10-23)28-21/h2-8,16-21,23-27H,10H2,1H3/t16-,17-,18-,19+,20+,21-/m1/s1. The minimum Gasteiger partial charge on any atom is -0.394 e. The molecule has 1 heterocycles. The normalized spacial score (nSPS) is 28.5. The third kappa shape index (κ3) is 3.80. The van der Waals surface area contributed by atoms with E-state index in [4.69, 9.17) is 10.00 Å². The highest BCUT2D eigenvalue weighted by molar-refractivity contribution is 5.66. The third-order valence-electron chi connectivity index (χ3n) is 5.15. The van der Waals surface area contributed by atoms with Crippen LogP contribution in [0.3, 0.4) is 0 Å². The average molecular weight is 385 g/mol. The lowest BCUT2D eigenvalue weighted by molar-refractivity contribution is -0.250. The topological polar surface area (TPSA) is 134 Å². The van der Waals surface area contributed by atoms with Crippen molar-refractivity contribution in [1.82, 2.24) is 0 Å². The Morgan fingerprint density at radius 2 is 1.75 bits per heavy atom. The number of benzene rings is 2. The number of ether oxygens (including phenoxy) is 1. The molecule has 0 amide bonds. The van der Waals surface area contributed by atoms with Gasteiger partial charge >= 0.3 is 0 Å². The molecular weight excluding hydrogens is 362 g/mol. The molecule has 3 rings (SSSR count). The summed E-state index contributed by atoms with van der Waals surface area (Å²) in [6, 6.07) is 14.6. The van der Waals surface area contributed by atoms with Gasteiger partial charge in [-0.1, -0.05) is 30.3 Å². The lowest BCUT2D eigenvalue weighted by atomic mass is 9.88. The average Bonchev–Trinajstić information content (AvgIpc) is 2.72. The summed E-state index contributed by atoms with van der Waals surface area (Å²) in [7, 11) is 0. The molecule has 0 unspecified atom stereocenters. The Kier molecular flexibility index (Phi) is 6.10. The first-order valence-electron chi connectivity index (χ1n) is 8.97. The summed E-state index contributed by atoms with van der Waals surface area (Å²) >= 11 is 0. The fourth-order valence-electron chi connectivity index (χ4n) is 3.52. The van der Waals surface area contributed by atoms with Crippen LogP contribution >= 0.6 is 0 Å². The Morgan fingerprint density at radius 3 is 2.39 bits per heavy atom. The quantitative estimate of drug-likeness (QED) is 0.515. The number of hydrogen-bond donors (Lipinski definition) is 5. The number of nitrogens with zero attached hydrogens (tertiary/aromatic N) is 1. The zero-order chi connectivity index (χ0) is 20.4. The second-order valence-corrected chi connectivity index (χ2v) is 7.00. The summed E-state index contributed by atoms with van der Waals surface area (Å²) in [5, 5.41) is 59.2. The fraction of sp³-hybridized carbons (Fsp3) is 0.381. The van der Waals surface area contributed by atoms with Crippen molar-refractivity contribution in [3.63, 3.8) is 0 Å². The van der Waals surface area contributed by atoms with E-state index in [1.54, 1.807) is 37.3 Å². The molecule has 7 heteroatoms. The molecule has 1 fully saturated rings. The molecule has 2 aromatic rings. The van der Waals surface area contributed by atoms with Crippen LogP contribution in [-0.2, 0) is 4.74 Å². The van der Waals surface area contributed by atoms with Gasteiger partial charge < -0.3 is 30.3 Å². The molecule has 0 radical (unpaired) electrons. The molecule has 6 atom stereocenters. The van der Waals surface area contributed by atoms with E-state index in [-0.39, 0.29) is 0 Å². The Labute approximate surface area is 162 Å². The zero-order valence-corrected chi connectivity index (χ0v) is 15.3. The maximum atomic E-state index is 10.8. The van der Waals surface area contributed by atoms with Crippen LogP contribution in [0, 0.1) is 18.3 Å². The van der Waals surface area contributed by atoms with Crippen molar-refractivity contribution in [2.75, 3.05) is 6.61 Å². The number of hydrogen-bond acceptors (Lipinski definition) is 7. The first-order valence-corrected chi connectivity index (χ1v) is 8.97. The molecule has 148 valence electrons. The number of aliphatic hydroxyl groups excluding tert-OH is 5. The number of aryl methyl sites for hydroxylation is 1. The van der Waals surface area contributed by atoms with Crippen molar-refractivity contribution in [2.24, 2.45) is 0 Å². The maximum Gasteiger partial charge on any atom is 0.117 e. The maximum absolute atomic E-state index is 10.8. The second-order valence-electron chi connectivity index (χ2n) is 7.00. The summed E-state index contributed by atoms with van der Waals surface area (Å²) in [4.78, 5) is 0. The molecule has 0 bridgehead atoms. The lowest BCUT2D eigenvalue weighted by Gasteiger charge is -2.42. The van der Waals surface area contributed by atoms with Gasteiger partial charge in [-0.05, 0) is 41.3 Å². The second kappa shape index (κ2) is 8.37. The van der Waals surface area contributed by atoms with Crippen molar-refractivity contribution >= 4 is 0 Å². The van der Waals surface area contributed by atoms with Gasteiger partial charge in [0, 0.05) is 0 Å². The van der Waals surface area contributed by atoms with Crippen LogP contribution in [0.1, 0.15) is 22.8 Å². The van der Waals surface area contributed by atoms with E-state index in [2.05, 4.69) is 6.07 Å². The molecule has 0 saturated carbocycles. The van der Waals surface area contributed by atoms with E-state index in [0.717, 1.165) is 16.7 Å². The third-order valence-corrected chi connectivity index (χ3v) is 5.15. The van der Waals surface area contributed by atoms with Crippen LogP contribution in [0.25, 0.3) is 11.1 Å². The Bertz CT molecular complexity index is 877. The summed E-state index contributed by atoms with van der Waals surface area (Å²) in [5.41, 5.74) is 3.48. The van der Waals surface area contributed by atoms with Gasteiger partial charge in [-0.15, -0.1) is 0 Å². The van der Waals surface area contributed by atoms with Gasteiger partial charge in [0.05, 0.1) is 18.2 Å². The van der Waals surface area contributed by atoms with Gasteiger partial charge in [0.15, 0.2) is 0 Å². The van der Waals surface area contributed by atoms with Crippen molar-refractivity contribution in [2.45, 2.75) is 43.5 Å². The molecule has 0 aliphatic carbocycles. The molecule has 1 aliphatic rings. The van der Waals surface area contributed by atoms with E-state index in [9.17, 15) is 25.5 Å². The molecule has 0 spiro atoms. The van der Waals surface area contributed by atoms with Gasteiger partial charge in [-0.2, -0.15) is 5.26 Å². The molecule has 0 aromatic heterocycles. The predicted molar refractivity (Wildman–Crippen MR) is 100 cm³/mol. The molecule has 2 aromatic carbocycles.